The van der Waals surface area contributed by atoms with Gasteiger partial charge in [-0.1, -0.05) is 29.3 Å². The lowest BCUT2D eigenvalue weighted by Crippen LogP contribution is -2.47. The number of carbonyl (C=O) groups excluding carboxylic acids is 1. The number of benzene rings is 1. The van der Waals surface area contributed by atoms with Gasteiger partial charge in [-0.25, -0.2) is 4.79 Å². The Morgan fingerprint density at radius 3 is 2.23 bits per heavy atom. The smallest absolute Gasteiger partial charge is 0.317 e. The van der Waals surface area contributed by atoms with Crippen LogP contribution in [0.2, 0.25) is 10.0 Å². The molecule has 0 atom stereocenters. The van der Waals surface area contributed by atoms with Crippen LogP contribution < -0.4 is 10.2 Å². The first kappa shape index (κ1) is 30.7. The minimum atomic E-state index is 0. The number of amides is 2. The van der Waals surface area contributed by atoms with Gasteiger partial charge in [-0.3, -0.25) is 4.90 Å². The third-order valence-electron chi connectivity index (χ3n) is 6.08. The number of hydrogen-bond donors (Lipinski definition) is 1. The molecule has 3 rings (SSSR count). The highest BCUT2D eigenvalue weighted by molar-refractivity contribution is 6.43. The second-order valence-corrected chi connectivity index (χ2v) is 9.04. The van der Waals surface area contributed by atoms with Crippen molar-refractivity contribution in [1.29, 1.82) is 0 Å². The average molecular weight is 537 g/mol. The van der Waals surface area contributed by atoms with E-state index in [1.54, 1.807) is 19.0 Å². The van der Waals surface area contributed by atoms with Crippen molar-refractivity contribution in [2.24, 2.45) is 5.92 Å². The predicted molar refractivity (Wildman–Crippen MR) is 139 cm³/mol. The van der Waals surface area contributed by atoms with E-state index in [9.17, 15) is 4.79 Å². The Hall–Kier alpha value is -0.300. The molecule has 1 heterocycles. The molecule has 1 N–H and O–H groups in total. The lowest BCUT2D eigenvalue weighted by atomic mass is 9.84. The van der Waals surface area contributed by atoms with E-state index in [0.717, 1.165) is 57.2 Å². The van der Waals surface area contributed by atoms with E-state index >= 15 is 0 Å². The molecular formula is C21H35Cl5N4O. The van der Waals surface area contributed by atoms with Crippen LogP contribution in [0.1, 0.15) is 32.1 Å². The fourth-order valence-electron chi connectivity index (χ4n) is 4.21. The van der Waals surface area contributed by atoms with Crippen molar-refractivity contribution < 1.29 is 4.79 Å². The van der Waals surface area contributed by atoms with Gasteiger partial charge >= 0.3 is 6.03 Å². The lowest BCUT2D eigenvalue weighted by molar-refractivity contribution is 0.194. The minimum absolute atomic E-state index is 0. The largest absolute Gasteiger partial charge is 0.368 e. The van der Waals surface area contributed by atoms with E-state index in [0.29, 0.717) is 16.1 Å². The SMILES string of the molecule is CN(C)C(=O)NC1CCC(CCN2CCN(c3cccc(Cl)c3Cl)CC2)CC1.Cl.Cl.Cl. The summed E-state index contributed by atoms with van der Waals surface area (Å²) in [4.78, 5) is 18.3. The van der Waals surface area contributed by atoms with Crippen LogP contribution in [0, 0.1) is 5.92 Å². The van der Waals surface area contributed by atoms with E-state index < -0.39 is 0 Å². The number of piperazine rings is 1. The summed E-state index contributed by atoms with van der Waals surface area (Å²) in [6.07, 6.45) is 5.90. The Kier molecular flexibility index (Phi) is 14.6. The van der Waals surface area contributed by atoms with Gasteiger partial charge in [0.05, 0.1) is 15.7 Å². The molecule has 31 heavy (non-hydrogen) atoms. The molecule has 5 nitrogen and oxygen atoms in total. The van der Waals surface area contributed by atoms with E-state index in [1.165, 1.54) is 19.3 Å². The van der Waals surface area contributed by atoms with Crippen LogP contribution in [-0.4, -0.2) is 68.7 Å². The number of urea groups is 1. The molecule has 1 aromatic rings. The zero-order chi connectivity index (χ0) is 20.1. The molecule has 2 fully saturated rings. The minimum Gasteiger partial charge on any atom is -0.368 e. The summed E-state index contributed by atoms with van der Waals surface area (Å²) < 4.78 is 0. The summed E-state index contributed by atoms with van der Waals surface area (Å²) in [7, 11) is 3.59. The van der Waals surface area contributed by atoms with Crippen LogP contribution in [0.25, 0.3) is 0 Å². The number of hydrogen-bond acceptors (Lipinski definition) is 3. The number of rotatable bonds is 5. The molecule has 1 saturated heterocycles. The molecule has 10 heteroatoms. The monoisotopic (exact) mass is 534 g/mol. The first-order valence-electron chi connectivity index (χ1n) is 10.3. The maximum atomic E-state index is 11.8. The molecule has 180 valence electrons. The van der Waals surface area contributed by atoms with Crippen LogP contribution in [0.3, 0.4) is 0 Å². The van der Waals surface area contributed by atoms with Gasteiger partial charge in [0.15, 0.2) is 0 Å². The molecule has 1 aliphatic carbocycles. The summed E-state index contributed by atoms with van der Waals surface area (Å²) in [5.41, 5.74) is 1.05. The van der Waals surface area contributed by atoms with E-state index in [2.05, 4.69) is 21.2 Å². The molecule has 0 radical (unpaired) electrons. The van der Waals surface area contributed by atoms with Gasteiger partial charge in [0.25, 0.3) is 0 Å². The Balaban J connectivity index is 0.00000300. The Labute approximate surface area is 215 Å². The number of halogens is 5. The van der Waals surface area contributed by atoms with Gasteiger partial charge in [0, 0.05) is 46.3 Å². The molecule has 0 spiro atoms. The second-order valence-electron chi connectivity index (χ2n) is 8.25. The van der Waals surface area contributed by atoms with Crippen LogP contribution in [0.15, 0.2) is 18.2 Å². The molecule has 1 saturated carbocycles. The van der Waals surface area contributed by atoms with Gasteiger partial charge in [-0.15, -0.1) is 37.2 Å². The third-order valence-corrected chi connectivity index (χ3v) is 6.89. The second kappa shape index (κ2) is 14.8. The lowest BCUT2D eigenvalue weighted by Gasteiger charge is -2.37. The molecule has 1 aromatic carbocycles. The summed E-state index contributed by atoms with van der Waals surface area (Å²) in [6.45, 7) is 5.28. The average Bonchev–Trinajstić information content (AvgIpc) is 2.70. The van der Waals surface area contributed by atoms with Crippen molar-refractivity contribution in [1.82, 2.24) is 15.1 Å². The maximum absolute atomic E-state index is 11.8. The topological polar surface area (TPSA) is 38.8 Å². The summed E-state index contributed by atoms with van der Waals surface area (Å²) in [5, 5.41) is 4.41. The van der Waals surface area contributed by atoms with Crippen LogP contribution in [-0.2, 0) is 0 Å². The molecule has 2 amide bonds. The van der Waals surface area contributed by atoms with Gasteiger partial charge in [-0.2, -0.15) is 0 Å². The summed E-state index contributed by atoms with van der Waals surface area (Å²) in [6, 6.07) is 6.23. The van der Waals surface area contributed by atoms with Crippen molar-refractivity contribution in [2.45, 2.75) is 38.1 Å². The van der Waals surface area contributed by atoms with Crippen LogP contribution in [0.5, 0.6) is 0 Å². The summed E-state index contributed by atoms with van der Waals surface area (Å²) >= 11 is 12.5. The van der Waals surface area contributed by atoms with Gasteiger partial charge in [0.2, 0.25) is 0 Å². The van der Waals surface area contributed by atoms with Crippen molar-refractivity contribution in [3.8, 4) is 0 Å². The van der Waals surface area contributed by atoms with Crippen molar-refractivity contribution in [3.63, 3.8) is 0 Å². The van der Waals surface area contributed by atoms with E-state index in [1.807, 2.05) is 12.1 Å². The molecule has 0 bridgehead atoms. The first-order chi connectivity index (χ1) is 13.4. The molecule has 0 aromatic heterocycles. The van der Waals surface area contributed by atoms with Gasteiger partial charge < -0.3 is 15.1 Å². The quantitative estimate of drug-likeness (QED) is 0.532. The molecule has 2 aliphatic rings. The van der Waals surface area contributed by atoms with Crippen molar-refractivity contribution in [2.75, 3.05) is 51.7 Å². The zero-order valence-corrected chi connectivity index (χ0v) is 22.1. The van der Waals surface area contributed by atoms with Crippen molar-refractivity contribution in [3.05, 3.63) is 28.2 Å². The Morgan fingerprint density at radius 2 is 1.65 bits per heavy atom. The Morgan fingerprint density at radius 1 is 1.03 bits per heavy atom. The van der Waals surface area contributed by atoms with Crippen molar-refractivity contribution >= 4 is 72.1 Å². The Bertz CT molecular complexity index is 663. The zero-order valence-electron chi connectivity index (χ0n) is 18.2. The van der Waals surface area contributed by atoms with Gasteiger partial charge in [-0.05, 0) is 56.7 Å². The predicted octanol–water partition coefficient (Wildman–Crippen LogP) is 5.60. The number of anilines is 1. The van der Waals surface area contributed by atoms with E-state index in [4.69, 9.17) is 23.2 Å². The van der Waals surface area contributed by atoms with Crippen LogP contribution >= 0.6 is 60.4 Å². The highest BCUT2D eigenvalue weighted by Gasteiger charge is 2.24. The third kappa shape index (κ3) is 8.87. The van der Waals surface area contributed by atoms with Gasteiger partial charge in [0.1, 0.15) is 0 Å². The maximum Gasteiger partial charge on any atom is 0.317 e. The highest BCUT2D eigenvalue weighted by Crippen LogP contribution is 2.33. The van der Waals surface area contributed by atoms with Crippen LogP contribution in [0.4, 0.5) is 10.5 Å². The summed E-state index contributed by atoms with van der Waals surface area (Å²) in [5.74, 6) is 0.785. The highest BCUT2D eigenvalue weighted by atomic mass is 35.5. The first-order valence-corrected chi connectivity index (χ1v) is 11.1. The molecule has 0 unspecified atom stereocenters. The normalized spacial score (nSPS) is 21.2. The fraction of sp³-hybridized carbons (Fsp3) is 0.667. The number of nitrogens with one attached hydrogen (secondary N) is 1. The fourth-order valence-corrected chi connectivity index (χ4v) is 4.63. The molecular weight excluding hydrogens is 502 g/mol. The number of carbonyl (C=O) groups is 1. The standard InChI is InChI=1S/C21H32Cl2N4O.3ClH/c1-25(2)21(28)24-17-8-6-16(7-9-17)10-11-26-12-14-27(15-13-26)19-5-3-4-18(22)20(19)23;;;/h3-5,16-17H,6-15H2,1-2H3,(H,24,28);3*1H. The number of nitrogens with zero attached hydrogens (tertiary/aromatic N) is 3. The molecule has 1 aliphatic heterocycles. The van der Waals surface area contributed by atoms with E-state index in [-0.39, 0.29) is 43.3 Å².